The normalized spacial score (nSPS) is 11.8. The lowest BCUT2D eigenvalue weighted by Gasteiger charge is -2.26. The summed E-state index contributed by atoms with van der Waals surface area (Å²) < 4.78 is 11.9. The molecule has 1 amide bonds. The summed E-state index contributed by atoms with van der Waals surface area (Å²) in [4.78, 5) is 45.3. The molecule has 188 valence electrons. The van der Waals surface area contributed by atoms with Gasteiger partial charge in [0.1, 0.15) is 22.6 Å². The Morgan fingerprint density at radius 3 is 2.49 bits per heavy atom. The number of anilines is 2. The maximum atomic E-state index is 12.6. The van der Waals surface area contributed by atoms with Crippen LogP contribution in [-0.2, 0) is 23.4 Å². The highest BCUT2D eigenvalue weighted by molar-refractivity contribution is 5.68. The van der Waals surface area contributed by atoms with Crippen LogP contribution in [0.3, 0.4) is 0 Å². The third kappa shape index (κ3) is 6.28. The van der Waals surface area contributed by atoms with Crippen molar-refractivity contribution in [3.8, 4) is 0 Å². The van der Waals surface area contributed by atoms with Gasteiger partial charge >= 0.3 is 11.8 Å². The van der Waals surface area contributed by atoms with Crippen molar-refractivity contribution in [2.24, 2.45) is 0 Å². The molecule has 0 saturated heterocycles. The standard InChI is InChI=1S/C23H31N7O5/c1-22(2,3)34-21(33)27-23(4,5)19-25-15(35-28-19)13-29(6)16-17(24)30(20(32)26-18(16)31)12-14-10-8-7-9-11-14/h7-11H,12-13,24H2,1-6H3,(H,27,33)(H,26,31,32). The lowest BCUT2D eigenvalue weighted by molar-refractivity contribution is 0.0465. The molecule has 0 aliphatic heterocycles. The predicted octanol–water partition coefficient (Wildman–Crippen LogP) is 1.95. The van der Waals surface area contributed by atoms with Gasteiger partial charge in [0.2, 0.25) is 5.89 Å². The van der Waals surface area contributed by atoms with Crippen molar-refractivity contribution < 1.29 is 14.1 Å². The molecule has 12 heteroatoms. The first-order chi connectivity index (χ1) is 16.3. The largest absolute Gasteiger partial charge is 0.444 e. The molecule has 0 radical (unpaired) electrons. The molecule has 0 fully saturated rings. The Bertz CT molecular complexity index is 1300. The molecular formula is C23H31N7O5. The summed E-state index contributed by atoms with van der Waals surface area (Å²) in [7, 11) is 1.62. The minimum absolute atomic E-state index is 0.0109. The maximum absolute atomic E-state index is 12.6. The summed E-state index contributed by atoms with van der Waals surface area (Å²) in [6, 6.07) is 9.27. The van der Waals surface area contributed by atoms with Gasteiger partial charge in [-0.15, -0.1) is 0 Å². The number of benzene rings is 1. The Hall–Kier alpha value is -4.09. The van der Waals surface area contributed by atoms with Crippen molar-refractivity contribution in [2.75, 3.05) is 17.7 Å². The molecule has 0 aliphatic rings. The number of nitrogens with zero attached hydrogens (tertiary/aromatic N) is 4. The number of nitrogen functional groups attached to an aromatic ring is 1. The number of H-pyrrole nitrogens is 1. The number of nitrogens with one attached hydrogen (secondary N) is 2. The summed E-state index contributed by atoms with van der Waals surface area (Å²) in [6.45, 7) is 8.92. The number of carbonyl (C=O) groups excluding carboxylic acids is 1. The second kappa shape index (κ2) is 9.65. The smallest absolute Gasteiger partial charge is 0.408 e. The van der Waals surface area contributed by atoms with Crippen LogP contribution in [0.1, 0.15) is 51.9 Å². The van der Waals surface area contributed by atoms with Crippen LogP contribution in [0.4, 0.5) is 16.3 Å². The molecule has 35 heavy (non-hydrogen) atoms. The van der Waals surface area contributed by atoms with Crippen LogP contribution in [0, 0.1) is 0 Å². The highest BCUT2D eigenvalue weighted by atomic mass is 16.6. The second-order valence-corrected chi connectivity index (χ2v) is 9.68. The van der Waals surface area contributed by atoms with Crippen molar-refractivity contribution in [1.82, 2.24) is 25.0 Å². The highest BCUT2D eigenvalue weighted by Gasteiger charge is 2.31. The van der Waals surface area contributed by atoms with Gasteiger partial charge < -0.3 is 25.2 Å². The Balaban J connectivity index is 1.80. The summed E-state index contributed by atoms with van der Waals surface area (Å²) in [5.74, 6) is 0.417. The number of carbonyl (C=O) groups is 1. The Morgan fingerprint density at radius 2 is 1.86 bits per heavy atom. The summed E-state index contributed by atoms with van der Waals surface area (Å²) in [5, 5.41) is 6.67. The van der Waals surface area contributed by atoms with Crippen LogP contribution < -0.4 is 27.2 Å². The Labute approximate surface area is 202 Å². The van der Waals surface area contributed by atoms with E-state index in [-0.39, 0.29) is 36.3 Å². The molecule has 2 aromatic heterocycles. The van der Waals surface area contributed by atoms with Gasteiger partial charge in [0, 0.05) is 7.05 Å². The van der Waals surface area contributed by atoms with Gasteiger partial charge in [0.15, 0.2) is 5.82 Å². The summed E-state index contributed by atoms with van der Waals surface area (Å²) >= 11 is 0. The van der Waals surface area contributed by atoms with Gasteiger partial charge in [-0.05, 0) is 40.2 Å². The number of ether oxygens (including phenoxy) is 1. The van der Waals surface area contributed by atoms with Crippen molar-refractivity contribution in [3.63, 3.8) is 0 Å². The summed E-state index contributed by atoms with van der Waals surface area (Å²) in [5.41, 5.74) is 4.30. The Kier molecular flexibility index (Phi) is 7.04. The molecule has 0 spiro atoms. The van der Waals surface area contributed by atoms with E-state index in [2.05, 4.69) is 20.4 Å². The topological polar surface area (TPSA) is 161 Å². The fourth-order valence-electron chi connectivity index (χ4n) is 3.34. The molecule has 12 nitrogen and oxygen atoms in total. The molecule has 3 aromatic rings. The Morgan fingerprint density at radius 1 is 1.20 bits per heavy atom. The minimum Gasteiger partial charge on any atom is -0.444 e. The van der Waals surface area contributed by atoms with Crippen LogP contribution in [0.5, 0.6) is 0 Å². The minimum atomic E-state index is -0.984. The van der Waals surface area contributed by atoms with E-state index in [9.17, 15) is 14.4 Å². The lowest BCUT2D eigenvalue weighted by atomic mass is 10.1. The average Bonchev–Trinajstić information content (AvgIpc) is 3.19. The number of aromatic amines is 1. The van der Waals surface area contributed by atoms with Gasteiger partial charge in [-0.3, -0.25) is 14.3 Å². The molecular weight excluding hydrogens is 454 g/mol. The number of hydrogen-bond acceptors (Lipinski definition) is 9. The number of amides is 1. The fraction of sp³-hybridized carbons (Fsp3) is 0.435. The molecule has 0 saturated carbocycles. The zero-order valence-electron chi connectivity index (χ0n) is 20.7. The molecule has 0 atom stereocenters. The first-order valence-corrected chi connectivity index (χ1v) is 11.0. The van der Waals surface area contributed by atoms with Crippen molar-refractivity contribution in [1.29, 1.82) is 0 Å². The van der Waals surface area contributed by atoms with Gasteiger partial charge in [-0.1, -0.05) is 35.5 Å². The molecule has 0 bridgehead atoms. The van der Waals surface area contributed by atoms with Crippen LogP contribution >= 0.6 is 0 Å². The predicted molar refractivity (Wildman–Crippen MR) is 130 cm³/mol. The lowest BCUT2D eigenvalue weighted by Crippen LogP contribution is -2.44. The van der Waals surface area contributed by atoms with Crippen molar-refractivity contribution in [3.05, 3.63) is 68.4 Å². The van der Waals surface area contributed by atoms with Crippen molar-refractivity contribution >= 4 is 17.6 Å². The van der Waals surface area contributed by atoms with Gasteiger partial charge in [0.05, 0.1) is 13.1 Å². The van der Waals surface area contributed by atoms with Crippen molar-refractivity contribution in [2.45, 2.75) is 58.8 Å². The van der Waals surface area contributed by atoms with E-state index in [1.165, 1.54) is 9.47 Å². The summed E-state index contributed by atoms with van der Waals surface area (Å²) in [6.07, 6.45) is -0.619. The van der Waals surface area contributed by atoms with E-state index in [1.807, 2.05) is 30.3 Å². The fourth-order valence-corrected chi connectivity index (χ4v) is 3.34. The molecule has 0 aliphatic carbocycles. The molecule has 4 N–H and O–H groups in total. The van der Waals surface area contributed by atoms with E-state index in [1.54, 1.807) is 41.7 Å². The van der Waals surface area contributed by atoms with Gasteiger partial charge in [-0.2, -0.15) is 4.98 Å². The van der Waals surface area contributed by atoms with Gasteiger partial charge in [-0.25, -0.2) is 9.59 Å². The number of rotatable bonds is 7. The number of aromatic nitrogens is 4. The van der Waals surface area contributed by atoms with Crippen LogP contribution in [-0.4, -0.2) is 38.4 Å². The SMILES string of the molecule is CN(Cc1nc(C(C)(C)NC(=O)OC(C)(C)C)no1)c1c(N)n(Cc2ccccc2)c(=O)[nH]c1=O. The number of nitrogens with two attached hydrogens (primary N) is 1. The van der Waals surface area contributed by atoms with Crippen LogP contribution in [0.25, 0.3) is 0 Å². The van der Waals surface area contributed by atoms with E-state index < -0.39 is 28.5 Å². The first kappa shape index (κ1) is 25.5. The van der Waals surface area contributed by atoms with E-state index in [0.717, 1.165) is 5.56 Å². The zero-order chi connectivity index (χ0) is 26.0. The number of alkyl carbamates (subject to hydrolysis) is 1. The third-order valence-corrected chi connectivity index (χ3v) is 4.99. The molecule has 1 aromatic carbocycles. The van der Waals surface area contributed by atoms with Crippen LogP contribution in [0.15, 0.2) is 44.4 Å². The van der Waals surface area contributed by atoms with Gasteiger partial charge in [0.25, 0.3) is 5.56 Å². The molecule has 0 unspecified atom stereocenters. The molecule has 3 rings (SSSR count). The quantitative estimate of drug-likeness (QED) is 0.454. The van der Waals surface area contributed by atoms with E-state index >= 15 is 0 Å². The average molecular weight is 486 g/mol. The van der Waals surface area contributed by atoms with Crippen LogP contribution in [0.2, 0.25) is 0 Å². The number of hydrogen-bond donors (Lipinski definition) is 3. The third-order valence-electron chi connectivity index (χ3n) is 4.99. The molecule has 2 heterocycles. The monoisotopic (exact) mass is 485 g/mol. The highest BCUT2D eigenvalue weighted by Crippen LogP contribution is 2.21. The van der Waals surface area contributed by atoms with E-state index in [4.69, 9.17) is 15.0 Å². The van der Waals surface area contributed by atoms with E-state index in [0.29, 0.717) is 0 Å². The first-order valence-electron chi connectivity index (χ1n) is 11.0. The zero-order valence-corrected chi connectivity index (χ0v) is 20.7. The maximum Gasteiger partial charge on any atom is 0.408 e. The second-order valence-electron chi connectivity index (χ2n) is 9.68.